The SMILES string of the molecule is O=C(CCS)NCC(=O)NC1CC1. The molecule has 0 saturated heterocycles. The van der Waals surface area contributed by atoms with Gasteiger partial charge in [-0.2, -0.15) is 12.6 Å². The van der Waals surface area contributed by atoms with Crippen molar-refractivity contribution in [1.82, 2.24) is 10.6 Å². The third-order valence-electron chi connectivity index (χ3n) is 1.73. The topological polar surface area (TPSA) is 58.2 Å². The number of amides is 2. The predicted octanol–water partition coefficient (Wildman–Crippen LogP) is -0.299. The average molecular weight is 202 g/mol. The third kappa shape index (κ3) is 4.77. The van der Waals surface area contributed by atoms with Gasteiger partial charge in [0.15, 0.2) is 0 Å². The van der Waals surface area contributed by atoms with E-state index in [1.807, 2.05) is 0 Å². The molecule has 5 heteroatoms. The number of hydrogen-bond acceptors (Lipinski definition) is 3. The van der Waals surface area contributed by atoms with E-state index in [1.54, 1.807) is 0 Å². The summed E-state index contributed by atoms with van der Waals surface area (Å²) in [6.45, 7) is 0.0864. The van der Waals surface area contributed by atoms with E-state index in [2.05, 4.69) is 23.3 Å². The summed E-state index contributed by atoms with van der Waals surface area (Å²) in [4.78, 5) is 22.0. The second kappa shape index (κ2) is 5.11. The highest BCUT2D eigenvalue weighted by Crippen LogP contribution is 2.18. The first kappa shape index (κ1) is 10.4. The molecule has 0 radical (unpaired) electrons. The summed E-state index contributed by atoms with van der Waals surface area (Å²) in [5, 5.41) is 5.30. The van der Waals surface area contributed by atoms with Crippen molar-refractivity contribution in [2.45, 2.75) is 25.3 Å². The van der Waals surface area contributed by atoms with Gasteiger partial charge in [-0.1, -0.05) is 0 Å². The molecule has 13 heavy (non-hydrogen) atoms. The lowest BCUT2D eigenvalue weighted by Gasteiger charge is -2.04. The van der Waals surface area contributed by atoms with Crippen LogP contribution in [-0.4, -0.2) is 30.2 Å². The predicted molar refractivity (Wildman–Crippen MR) is 52.6 cm³/mol. The minimum atomic E-state index is -0.124. The molecule has 0 aromatic heterocycles. The van der Waals surface area contributed by atoms with Crippen LogP contribution in [0.1, 0.15) is 19.3 Å². The molecule has 1 aliphatic carbocycles. The molecule has 74 valence electrons. The monoisotopic (exact) mass is 202 g/mol. The van der Waals surface area contributed by atoms with Crippen molar-refractivity contribution >= 4 is 24.4 Å². The van der Waals surface area contributed by atoms with Gasteiger partial charge in [0.25, 0.3) is 0 Å². The van der Waals surface area contributed by atoms with Crippen molar-refractivity contribution in [2.75, 3.05) is 12.3 Å². The van der Waals surface area contributed by atoms with Gasteiger partial charge in [-0.05, 0) is 18.6 Å². The summed E-state index contributed by atoms with van der Waals surface area (Å²) in [5.74, 6) is 0.284. The molecular formula is C8H14N2O2S. The molecule has 0 heterocycles. The fraction of sp³-hybridized carbons (Fsp3) is 0.750. The molecule has 4 nitrogen and oxygen atoms in total. The molecule has 1 rings (SSSR count). The molecule has 0 aromatic rings. The molecular weight excluding hydrogens is 188 g/mol. The Morgan fingerprint density at radius 2 is 2.00 bits per heavy atom. The van der Waals surface area contributed by atoms with Crippen LogP contribution in [0.15, 0.2) is 0 Å². The minimum absolute atomic E-state index is 0.0864. The van der Waals surface area contributed by atoms with Crippen molar-refractivity contribution in [3.63, 3.8) is 0 Å². The van der Waals surface area contributed by atoms with Gasteiger partial charge in [-0.3, -0.25) is 9.59 Å². The number of carbonyl (C=O) groups excluding carboxylic acids is 2. The minimum Gasteiger partial charge on any atom is -0.352 e. The van der Waals surface area contributed by atoms with E-state index < -0.39 is 0 Å². The van der Waals surface area contributed by atoms with Crippen molar-refractivity contribution in [2.24, 2.45) is 0 Å². The fourth-order valence-electron chi connectivity index (χ4n) is 0.875. The number of thiol groups is 1. The smallest absolute Gasteiger partial charge is 0.239 e. The molecule has 1 saturated carbocycles. The molecule has 0 aromatic carbocycles. The molecule has 2 amide bonds. The van der Waals surface area contributed by atoms with Crippen LogP contribution in [0.3, 0.4) is 0 Å². The van der Waals surface area contributed by atoms with Crippen molar-refractivity contribution in [3.8, 4) is 0 Å². The Bertz CT molecular complexity index is 204. The van der Waals surface area contributed by atoms with E-state index in [0.717, 1.165) is 12.8 Å². The van der Waals surface area contributed by atoms with Gasteiger partial charge in [0.05, 0.1) is 6.54 Å². The highest BCUT2D eigenvalue weighted by Gasteiger charge is 2.22. The van der Waals surface area contributed by atoms with E-state index in [4.69, 9.17) is 0 Å². The van der Waals surface area contributed by atoms with Crippen LogP contribution in [0.25, 0.3) is 0 Å². The van der Waals surface area contributed by atoms with Crippen LogP contribution in [0.2, 0.25) is 0 Å². The second-order valence-electron chi connectivity index (χ2n) is 3.09. The van der Waals surface area contributed by atoms with Gasteiger partial charge in [0.1, 0.15) is 0 Å². The molecule has 0 bridgehead atoms. The summed E-state index contributed by atoms with van der Waals surface area (Å²) in [7, 11) is 0. The summed E-state index contributed by atoms with van der Waals surface area (Å²) < 4.78 is 0. The molecule has 1 aliphatic rings. The second-order valence-corrected chi connectivity index (χ2v) is 3.54. The normalized spacial score (nSPS) is 15.2. The third-order valence-corrected chi connectivity index (χ3v) is 1.95. The zero-order valence-electron chi connectivity index (χ0n) is 7.38. The standard InChI is InChI=1S/C8H14N2O2S/c11-7(3-4-13)9-5-8(12)10-6-1-2-6/h6,13H,1-5H2,(H,9,11)(H,10,12). The fourth-order valence-corrected chi connectivity index (χ4v) is 1.08. The molecule has 0 aliphatic heterocycles. The van der Waals surface area contributed by atoms with Crippen LogP contribution in [0.4, 0.5) is 0 Å². The average Bonchev–Trinajstić information content (AvgIpc) is 2.85. The first-order valence-electron chi connectivity index (χ1n) is 4.39. The lowest BCUT2D eigenvalue weighted by atomic mass is 10.4. The van der Waals surface area contributed by atoms with Gasteiger partial charge in [-0.15, -0.1) is 0 Å². The van der Waals surface area contributed by atoms with Crippen LogP contribution in [-0.2, 0) is 9.59 Å². The summed E-state index contributed by atoms with van der Waals surface area (Å²) in [6, 6.07) is 0.356. The number of rotatable bonds is 5. The lowest BCUT2D eigenvalue weighted by molar-refractivity contribution is -0.125. The first-order chi connectivity index (χ1) is 6.22. The largest absolute Gasteiger partial charge is 0.352 e. The summed E-state index contributed by atoms with van der Waals surface area (Å²) in [5.41, 5.74) is 0. The van der Waals surface area contributed by atoms with Gasteiger partial charge >= 0.3 is 0 Å². The Kier molecular flexibility index (Phi) is 4.08. The van der Waals surface area contributed by atoms with E-state index >= 15 is 0 Å². The molecule has 0 spiro atoms. The Morgan fingerprint density at radius 1 is 1.31 bits per heavy atom. The van der Waals surface area contributed by atoms with E-state index in [0.29, 0.717) is 18.2 Å². The highest BCUT2D eigenvalue weighted by atomic mass is 32.1. The van der Waals surface area contributed by atoms with Crippen molar-refractivity contribution < 1.29 is 9.59 Å². The van der Waals surface area contributed by atoms with Crippen molar-refractivity contribution in [1.29, 1.82) is 0 Å². The number of nitrogens with one attached hydrogen (secondary N) is 2. The van der Waals surface area contributed by atoms with Crippen LogP contribution in [0.5, 0.6) is 0 Å². The Hall–Kier alpha value is -0.710. The highest BCUT2D eigenvalue weighted by molar-refractivity contribution is 7.80. The van der Waals surface area contributed by atoms with Crippen LogP contribution >= 0.6 is 12.6 Å². The molecule has 0 unspecified atom stereocenters. The summed E-state index contributed by atoms with van der Waals surface area (Å²) in [6.07, 6.45) is 2.49. The van der Waals surface area contributed by atoms with E-state index in [1.165, 1.54) is 0 Å². The quantitative estimate of drug-likeness (QED) is 0.536. The first-order valence-corrected chi connectivity index (χ1v) is 5.02. The lowest BCUT2D eigenvalue weighted by Crippen LogP contribution is -2.37. The zero-order valence-corrected chi connectivity index (χ0v) is 8.27. The van der Waals surface area contributed by atoms with E-state index in [-0.39, 0.29) is 18.4 Å². The number of carbonyl (C=O) groups is 2. The van der Waals surface area contributed by atoms with Gasteiger partial charge in [0, 0.05) is 12.5 Å². The van der Waals surface area contributed by atoms with E-state index in [9.17, 15) is 9.59 Å². The maximum atomic E-state index is 11.1. The number of hydrogen-bond donors (Lipinski definition) is 3. The maximum absolute atomic E-state index is 11.1. The van der Waals surface area contributed by atoms with Crippen molar-refractivity contribution in [3.05, 3.63) is 0 Å². The Labute approximate surface area is 82.9 Å². The molecule has 2 N–H and O–H groups in total. The van der Waals surface area contributed by atoms with Gasteiger partial charge in [-0.25, -0.2) is 0 Å². The van der Waals surface area contributed by atoms with Gasteiger partial charge < -0.3 is 10.6 Å². The van der Waals surface area contributed by atoms with Crippen LogP contribution < -0.4 is 10.6 Å². The molecule has 0 atom stereocenters. The maximum Gasteiger partial charge on any atom is 0.239 e. The Balaban J connectivity index is 2.02. The molecule has 1 fully saturated rings. The summed E-state index contributed by atoms with van der Waals surface area (Å²) >= 11 is 3.91. The zero-order chi connectivity index (χ0) is 9.68. The van der Waals surface area contributed by atoms with Crippen LogP contribution in [0, 0.1) is 0 Å². The Morgan fingerprint density at radius 3 is 2.54 bits per heavy atom. The van der Waals surface area contributed by atoms with Gasteiger partial charge in [0.2, 0.25) is 11.8 Å².